The maximum Gasteiger partial charge on any atom is 0.245 e. The number of H-pyrrole nitrogens is 1. The van der Waals surface area contributed by atoms with Gasteiger partial charge in [0.25, 0.3) is 0 Å². The van der Waals surface area contributed by atoms with Gasteiger partial charge in [-0.1, -0.05) is 0 Å². The zero-order valence-corrected chi connectivity index (χ0v) is 10.6. The predicted octanol–water partition coefficient (Wildman–Crippen LogP) is 1.22. The summed E-state index contributed by atoms with van der Waals surface area (Å²) in [6.45, 7) is 5.59. The lowest BCUT2D eigenvalue weighted by Gasteiger charge is -2.11. The fourth-order valence-electron chi connectivity index (χ4n) is 2.35. The van der Waals surface area contributed by atoms with Crippen molar-refractivity contribution in [3.05, 3.63) is 17.6 Å². The van der Waals surface area contributed by atoms with Crippen LogP contribution in [0.4, 0.5) is 5.95 Å². The quantitative estimate of drug-likeness (QED) is 0.833. The Bertz CT molecular complexity index is 559. The van der Waals surface area contributed by atoms with Crippen molar-refractivity contribution in [2.45, 2.75) is 26.3 Å². The highest BCUT2D eigenvalue weighted by Gasteiger charge is 2.23. The number of nitrogens with two attached hydrogens (primary N) is 1. The Kier molecular flexibility index (Phi) is 2.59. The maximum absolute atomic E-state index is 5.89. The minimum Gasteiger partial charge on any atom is -0.466 e. The number of furan rings is 1. The smallest absolute Gasteiger partial charge is 0.245 e. The second-order valence-electron chi connectivity index (χ2n) is 4.81. The summed E-state index contributed by atoms with van der Waals surface area (Å²) in [6, 6.07) is 2.19. The van der Waals surface area contributed by atoms with Crippen molar-refractivity contribution in [2.75, 3.05) is 18.0 Å². The third kappa shape index (κ3) is 1.88. The van der Waals surface area contributed by atoms with Gasteiger partial charge in [0, 0.05) is 19.1 Å². The lowest BCUT2D eigenvalue weighted by molar-refractivity contribution is 0.505. The van der Waals surface area contributed by atoms with E-state index in [2.05, 4.69) is 20.1 Å². The highest BCUT2D eigenvalue weighted by molar-refractivity contribution is 5.59. The first kappa shape index (κ1) is 11.3. The van der Waals surface area contributed by atoms with E-state index >= 15 is 0 Å². The second kappa shape index (κ2) is 4.13. The summed E-state index contributed by atoms with van der Waals surface area (Å²) in [4.78, 5) is 6.62. The maximum atomic E-state index is 5.89. The van der Waals surface area contributed by atoms with Crippen molar-refractivity contribution < 1.29 is 4.42 Å². The molecular weight excluding hydrogens is 230 g/mol. The Labute approximate surface area is 105 Å². The molecular formula is C12H17N5O. The van der Waals surface area contributed by atoms with E-state index in [1.807, 2.05) is 19.9 Å². The van der Waals surface area contributed by atoms with Crippen LogP contribution in [0.1, 0.15) is 17.9 Å². The number of aromatic amines is 1. The zero-order chi connectivity index (χ0) is 12.7. The molecule has 0 saturated carbocycles. The molecule has 1 atom stereocenters. The van der Waals surface area contributed by atoms with E-state index in [0.29, 0.717) is 0 Å². The second-order valence-corrected chi connectivity index (χ2v) is 4.81. The average Bonchev–Trinajstić information content (AvgIpc) is 2.98. The summed E-state index contributed by atoms with van der Waals surface area (Å²) in [5.41, 5.74) is 6.85. The lowest BCUT2D eigenvalue weighted by atomic mass is 10.2. The van der Waals surface area contributed by atoms with Gasteiger partial charge >= 0.3 is 0 Å². The van der Waals surface area contributed by atoms with E-state index in [-0.39, 0.29) is 6.04 Å². The predicted molar refractivity (Wildman–Crippen MR) is 68.4 cm³/mol. The van der Waals surface area contributed by atoms with Crippen molar-refractivity contribution >= 4 is 5.95 Å². The minimum absolute atomic E-state index is 0.227. The van der Waals surface area contributed by atoms with Crippen LogP contribution in [-0.2, 0) is 0 Å². The van der Waals surface area contributed by atoms with Gasteiger partial charge < -0.3 is 15.1 Å². The molecule has 0 aliphatic carbocycles. The third-order valence-electron chi connectivity index (χ3n) is 3.28. The molecule has 18 heavy (non-hydrogen) atoms. The number of anilines is 1. The van der Waals surface area contributed by atoms with Gasteiger partial charge in [0.05, 0.1) is 5.56 Å². The average molecular weight is 247 g/mol. The number of hydrogen-bond donors (Lipinski definition) is 2. The van der Waals surface area contributed by atoms with Crippen molar-refractivity contribution in [1.29, 1.82) is 0 Å². The van der Waals surface area contributed by atoms with E-state index in [1.54, 1.807) is 0 Å². The van der Waals surface area contributed by atoms with E-state index < -0.39 is 0 Å². The van der Waals surface area contributed by atoms with Crippen LogP contribution in [0.2, 0.25) is 0 Å². The van der Waals surface area contributed by atoms with Crippen molar-refractivity contribution in [3.63, 3.8) is 0 Å². The van der Waals surface area contributed by atoms with Gasteiger partial charge in [-0.25, -0.2) is 0 Å². The van der Waals surface area contributed by atoms with Crippen LogP contribution in [0.3, 0.4) is 0 Å². The Morgan fingerprint density at radius 1 is 1.50 bits per heavy atom. The molecule has 1 fully saturated rings. The number of aromatic nitrogens is 3. The van der Waals surface area contributed by atoms with Crippen LogP contribution in [-0.4, -0.2) is 34.3 Å². The summed E-state index contributed by atoms with van der Waals surface area (Å²) in [5, 5.41) is 7.22. The molecule has 0 amide bonds. The molecule has 2 aromatic rings. The lowest BCUT2D eigenvalue weighted by Crippen LogP contribution is -2.26. The van der Waals surface area contributed by atoms with Gasteiger partial charge in [0.15, 0.2) is 5.82 Å². The Hall–Kier alpha value is -1.82. The summed E-state index contributed by atoms with van der Waals surface area (Å²) in [6.07, 6.45) is 0.994. The highest BCUT2D eigenvalue weighted by atomic mass is 16.3. The standard InChI is InChI=1S/C12H17N5O/c1-7-5-10(8(2)18-7)11-14-12(16-15-11)17-4-3-9(13)6-17/h5,9H,3-4,6,13H2,1-2H3,(H,14,15,16). The Morgan fingerprint density at radius 2 is 2.33 bits per heavy atom. The minimum atomic E-state index is 0.227. The van der Waals surface area contributed by atoms with Gasteiger partial charge in [-0.2, -0.15) is 4.98 Å². The van der Waals surface area contributed by atoms with Crippen LogP contribution in [0, 0.1) is 13.8 Å². The summed E-state index contributed by atoms with van der Waals surface area (Å²) in [5.74, 6) is 3.20. The molecule has 0 radical (unpaired) electrons. The molecule has 6 nitrogen and oxygen atoms in total. The number of aryl methyl sites for hydroxylation is 2. The molecule has 1 unspecified atom stereocenters. The van der Waals surface area contributed by atoms with Crippen LogP contribution in [0.5, 0.6) is 0 Å². The SMILES string of the molecule is Cc1cc(-c2nc(N3CCC(N)C3)n[nH]2)c(C)o1. The molecule has 2 aromatic heterocycles. The van der Waals surface area contributed by atoms with Gasteiger partial charge in [-0.05, 0) is 26.3 Å². The highest BCUT2D eigenvalue weighted by Crippen LogP contribution is 2.25. The third-order valence-corrected chi connectivity index (χ3v) is 3.28. The summed E-state index contributed by atoms with van der Waals surface area (Å²) < 4.78 is 5.50. The fraction of sp³-hybridized carbons (Fsp3) is 0.500. The van der Waals surface area contributed by atoms with E-state index in [4.69, 9.17) is 10.2 Å². The monoisotopic (exact) mass is 247 g/mol. The first-order chi connectivity index (χ1) is 8.63. The fourth-order valence-corrected chi connectivity index (χ4v) is 2.35. The van der Waals surface area contributed by atoms with Crippen LogP contribution in [0.25, 0.3) is 11.4 Å². The van der Waals surface area contributed by atoms with Crippen LogP contribution >= 0.6 is 0 Å². The first-order valence-corrected chi connectivity index (χ1v) is 6.14. The largest absolute Gasteiger partial charge is 0.466 e. The number of nitrogens with one attached hydrogen (secondary N) is 1. The van der Waals surface area contributed by atoms with Gasteiger partial charge in [0.1, 0.15) is 11.5 Å². The molecule has 1 saturated heterocycles. The zero-order valence-electron chi connectivity index (χ0n) is 10.6. The molecule has 1 aliphatic heterocycles. The van der Waals surface area contributed by atoms with Crippen molar-refractivity contribution in [3.8, 4) is 11.4 Å². The first-order valence-electron chi connectivity index (χ1n) is 6.14. The molecule has 1 aliphatic rings. The van der Waals surface area contributed by atoms with E-state index in [9.17, 15) is 0 Å². The molecule has 0 aromatic carbocycles. The Balaban J connectivity index is 1.87. The molecule has 0 spiro atoms. The molecule has 3 rings (SSSR count). The molecule has 6 heteroatoms. The normalized spacial score (nSPS) is 19.7. The topological polar surface area (TPSA) is 84.0 Å². The van der Waals surface area contributed by atoms with Crippen molar-refractivity contribution in [2.24, 2.45) is 5.73 Å². The summed E-state index contributed by atoms with van der Waals surface area (Å²) in [7, 11) is 0. The van der Waals surface area contributed by atoms with E-state index in [0.717, 1.165) is 48.4 Å². The van der Waals surface area contributed by atoms with E-state index in [1.165, 1.54) is 0 Å². The molecule has 3 heterocycles. The number of hydrogen-bond acceptors (Lipinski definition) is 5. The van der Waals surface area contributed by atoms with Crippen LogP contribution in [0.15, 0.2) is 10.5 Å². The van der Waals surface area contributed by atoms with Gasteiger partial charge in [-0.15, -0.1) is 5.10 Å². The van der Waals surface area contributed by atoms with Gasteiger partial charge in [-0.3, -0.25) is 5.10 Å². The summed E-state index contributed by atoms with van der Waals surface area (Å²) >= 11 is 0. The van der Waals surface area contributed by atoms with Gasteiger partial charge in [0.2, 0.25) is 5.95 Å². The number of nitrogens with zero attached hydrogens (tertiary/aromatic N) is 3. The Morgan fingerprint density at radius 3 is 2.94 bits per heavy atom. The molecule has 0 bridgehead atoms. The molecule has 96 valence electrons. The van der Waals surface area contributed by atoms with Crippen LogP contribution < -0.4 is 10.6 Å². The molecule has 3 N–H and O–H groups in total. The number of rotatable bonds is 2. The van der Waals surface area contributed by atoms with Crippen molar-refractivity contribution in [1.82, 2.24) is 15.2 Å².